The van der Waals surface area contributed by atoms with Crippen molar-refractivity contribution in [3.05, 3.63) is 85.9 Å². The highest BCUT2D eigenvalue weighted by Crippen LogP contribution is 2.20. The van der Waals surface area contributed by atoms with Crippen LogP contribution in [0.4, 0.5) is 5.69 Å². The van der Waals surface area contributed by atoms with Gasteiger partial charge in [-0.3, -0.25) is 10.1 Å². The van der Waals surface area contributed by atoms with Crippen LogP contribution in [0.3, 0.4) is 0 Å². The van der Waals surface area contributed by atoms with Crippen molar-refractivity contribution in [3.63, 3.8) is 0 Å². The summed E-state index contributed by atoms with van der Waals surface area (Å²) in [5, 5.41) is 13.9. The highest BCUT2D eigenvalue weighted by molar-refractivity contribution is 7.09. The molecule has 0 amide bonds. The lowest BCUT2D eigenvalue weighted by Gasteiger charge is -2.07. The van der Waals surface area contributed by atoms with Crippen molar-refractivity contribution in [1.82, 2.24) is 4.98 Å². The van der Waals surface area contributed by atoms with Crippen LogP contribution in [0.15, 0.2) is 53.9 Å². The summed E-state index contributed by atoms with van der Waals surface area (Å²) in [7, 11) is 0. The minimum Gasteiger partial charge on any atom is -0.487 e. The summed E-state index contributed by atoms with van der Waals surface area (Å²) in [5.74, 6) is 0.0470. The molecular weight excluding hydrogens is 368 g/mol. The topological polar surface area (TPSA) is 91.6 Å². The second kappa shape index (κ2) is 8.41. The Balaban J connectivity index is 1.57. The van der Waals surface area contributed by atoms with Crippen LogP contribution < -0.4 is 4.74 Å². The number of nitro benzene ring substituents is 1. The van der Waals surface area contributed by atoms with Gasteiger partial charge in [0.05, 0.1) is 26.8 Å². The molecule has 0 aliphatic carbocycles. The monoisotopic (exact) mass is 384 g/mol. The van der Waals surface area contributed by atoms with Crippen molar-refractivity contribution in [3.8, 4) is 5.75 Å². The summed E-state index contributed by atoms with van der Waals surface area (Å²) in [5.41, 5.74) is 1.46. The molecule has 0 aliphatic heterocycles. The summed E-state index contributed by atoms with van der Waals surface area (Å²) < 4.78 is 10.8. The first-order valence-corrected chi connectivity index (χ1v) is 8.94. The van der Waals surface area contributed by atoms with E-state index in [9.17, 15) is 14.9 Å². The quantitative estimate of drug-likeness (QED) is 0.343. The van der Waals surface area contributed by atoms with Crippen LogP contribution in [-0.2, 0) is 18.0 Å². The normalized spacial score (nSPS) is 10.4. The zero-order valence-electron chi connectivity index (χ0n) is 14.5. The molecule has 0 atom stereocenters. The molecule has 0 N–H and O–H groups in total. The van der Waals surface area contributed by atoms with Crippen LogP contribution in [0.5, 0.6) is 5.75 Å². The number of hydrogen-bond acceptors (Lipinski definition) is 7. The van der Waals surface area contributed by atoms with Gasteiger partial charge in [0.1, 0.15) is 19.0 Å². The summed E-state index contributed by atoms with van der Waals surface area (Å²) in [6.45, 7) is 2.11. The molecule has 3 rings (SSSR count). The molecule has 0 fully saturated rings. The number of thiazole rings is 1. The summed E-state index contributed by atoms with van der Waals surface area (Å²) in [4.78, 5) is 27.0. The lowest BCUT2D eigenvalue weighted by atomic mass is 10.2. The van der Waals surface area contributed by atoms with E-state index in [1.807, 2.05) is 12.3 Å². The molecule has 8 heteroatoms. The van der Waals surface area contributed by atoms with Crippen LogP contribution >= 0.6 is 11.3 Å². The molecule has 138 valence electrons. The van der Waals surface area contributed by atoms with Gasteiger partial charge in [-0.2, -0.15) is 0 Å². The molecule has 2 aromatic carbocycles. The molecule has 0 saturated heterocycles. The van der Waals surface area contributed by atoms with Gasteiger partial charge in [0.2, 0.25) is 0 Å². The molecule has 0 spiro atoms. The average molecular weight is 384 g/mol. The van der Waals surface area contributed by atoms with Crippen molar-refractivity contribution in [2.75, 3.05) is 0 Å². The Morgan fingerprint density at radius 2 is 1.89 bits per heavy atom. The summed E-state index contributed by atoms with van der Waals surface area (Å²) in [6, 6.07) is 12.7. The van der Waals surface area contributed by atoms with E-state index >= 15 is 0 Å². The number of carbonyl (C=O) groups is 1. The van der Waals surface area contributed by atoms with Crippen molar-refractivity contribution < 1.29 is 19.2 Å². The van der Waals surface area contributed by atoms with Gasteiger partial charge in [-0.1, -0.05) is 12.1 Å². The zero-order valence-corrected chi connectivity index (χ0v) is 15.3. The molecule has 1 heterocycles. The van der Waals surface area contributed by atoms with Crippen LogP contribution in [0, 0.1) is 17.0 Å². The Labute approximate surface area is 159 Å². The maximum atomic E-state index is 12.2. The fourth-order valence-corrected chi connectivity index (χ4v) is 2.95. The minimum atomic E-state index is -0.560. The number of para-hydroxylation sites is 1. The molecule has 3 aromatic rings. The second-order valence-electron chi connectivity index (χ2n) is 5.63. The van der Waals surface area contributed by atoms with E-state index in [0.717, 1.165) is 10.7 Å². The third kappa shape index (κ3) is 4.89. The SMILES string of the molecule is Cc1nc(COc2ccc(C(=O)OCc3ccccc3[N+](=O)[O-])cc2)cs1. The van der Waals surface area contributed by atoms with E-state index in [1.54, 1.807) is 53.8 Å². The highest BCUT2D eigenvalue weighted by atomic mass is 32.1. The number of carbonyl (C=O) groups excluding carboxylic acids is 1. The van der Waals surface area contributed by atoms with Crippen molar-refractivity contribution in [1.29, 1.82) is 0 Å². The first kappa shape index (κ1) is 18.5. The number of rotatable bonds is 7. The zero-order chi connectivity index (χ0) is 19.2. The number of benzene rings is 2. The molecule has 0 bridgehead atoms. The molecule has 27 heavy (non-hydrogen) atoms. The fourth-order valence-electron chi connectivity index (χ4n) is 2.36. The van der Waals surface area contributed by atoms with Crippen LogP contribution in [0.1, 0.15) is 26.6 Å². The average Bonchev–Trinajstić information content (AvgIpc) is 3.10. The summed E-state index contributed by atoms with van der Waals surface area (Å²) >= 11 is 1.56. The first-order valence-electron chi connectivity index (χ1n) is 8.06. The predicted octanol–water partition coefficient (Wildman–Crippen LogP) is 4.30. The molecule has 7 nitrogen and oxygen atoms in total. The van der Waals surface area contributed by atoms with Gasteiger partial charge in [-0.25, -0.2) is 9.78 Å². The number of hydrogen-bond donors (Lipinski definition) is 0. The third-order valence-corrected chi connectivity index (χ3v) is 4.51. The molecule has 0 unspecified atom stereocenters. The smallest absolute Gasteiger partial charge is 0.338 e. The number of nitrogens with zero attached hydrogens (tertiary/aromatic N) is 2. The number of aryl methyl sites for hydroxylation is 1. The molecule has 0 saturated carbocycles. The van der Waals surface area contributed by atoms with Crippen LogP contribution in [-0.4, -0.2) is 15.9 Å². The lowest BCUT2D eigenvalue weighted by molar-refractivity contribution is -0.385. The Morgan fingerprint density at radius 1 is 1.15 bits per heavy atom. The Morgan fingerprint density at radius 3 is 2.56 bits per heavy atom. The van der Waals surface area contributed by atoms with Crippen molar-refractivity contribution in [2.45, 2.75) is 20.1 Å². The second-order valence-corrected chi connectivity index (χ2v) is 6.70. The standard InChI is InChI=1S/C19H16N2O5S/c1-13-20-16(12-27-13)11-25-17-8-6-14(7-9-17)19(22)26-10-15-4-2-3-5-18(15)21(23)24/h2-9,12H,10-11H2,1H3. The van der Waals surface area contributed by atoms with E-state index in [-0.39, 0.29) is 12.3 Å². The minimum absolute atomic E-state index is 0.0775. The van der Waals surface area contributed by atoms with Gasteiger partial charge in [-0.15, -0.1) is 11.3 Å². The van der Waals surface area contributed by atoms with E-state index in [1.165, 1.54) is 6.07 Å². The lowest BCUT2D eigenvalue weighted by Crippen LogP contribution is -2.06. The van der Waals surface area contributed by atoms with Gasteiger partial charge in [-0.05, 0) is 37.3 Å². The van der Waals surface area contributed by atoms with E-state index in [0.29, 0.717) is 23.5 Å². The molecule has 0 aliphatic rings. The highest BCUT2D eigenvalue weighted by Gasteiger charge is 2.15. The van der Waals surface area contributed by atoms with Crippen molar-refractivity contribution in [2.24, 2.45) is 0 Å². The molecular formula is C19H16N2O5S. The van der Waals surface area contributed by atoms with Crippen LogP contribution in [0.25, 0.3) is 0 Å². The first-order chi connectivity index (χ1) is 13.0. The largest absolute Gasteiger partial charge is 0.487 e. The number of esters is 1. The molecule has 0 radical (unpaired) electrons. The van der Waals surface area contributed by atoms with Gasteiger partial charge < -0.3 is 9.47 Å². The maximum absolute atomic E-state index is 12.2. The van der Waals surface area contributed by atoms with E-state index in [2.05, 4.69) is 4.98 Å². The maximum Gasteiger partial charge on any atom is 0.338 e. The number of nitro groups is 1. The third-order valence-electron chi connectivity index (χ3n) is 3.69. The number of aromatic nitrogens is 1. The Bertz CT molecular complexity index is 953. The fraction of sp³-hybridized carbons (Fsp3) is 0.158. The van der Waals surface area contributed by atoms with Gasteiger partial charge in [0, 0.05) is 11.4 Å². The van der Waals surface area contributed by atoms with Crippen molar-refractivity contribution >= 4 is 23.0 Å². The number of ether oxygens (including phenoxy) is 2. The Kier molecular flexibility index (Phi) is 5.77. The Hall–Kier alpha value is -3.26. The van der Waals surface area contributed by atoms with E-state index in [4.69, 9.17) is 9.47 Å². The van der Waals surface area contributed by atoms with Gasteiger partial charge in [0.15, 0.2) is 0 Å². The van der Waals surface area contributed by atoms with Gasteiger partial charge >= 0.3 is 5.97 Å². The molecule has 1 aromatic heterocycles. The predicted molar refractivity (Wildman–Crippen MR) is 99.8 cm³/mol. The summed E-state index contributed by atoms with van der Waals surface area (Å²) in [6.07, 6.45) is 0. The van der Waals surface area contributed by atoms with E-state index < -0.39 is 10.9 Å². The van der Waals surface area contributed by atoms with Crippen LogP contribution in [0.2, 0.25) is 0 Å². The van der Waals surface area contributed by atoms with Gasteiger partial charge in [0.25, 0.3) is 5.69 Å².